The summed E-state index contributed by atoms with van der Waals surface area (Å²) in [6, 6.07) is 19.0. The zero-order valence-corrected chi connectivity index (χ0v) is 27.1. The summed E-state index contributed by atoms with van der Waals surface area (Å²) < 4.78 is 2.25. The van der Waals surface area contributed by atoms with E-state index in [0.29, 0.717) is 40.1 Å². The highest BCUT2D eigenvalue weighted by Crippen LogP contribution is 2.55. The van der Waals surface area contributed by atoms with Crippen LogP contribution in [0.25, 0.3) is 59.1 Å². The number of aromatic hydroxyl groups is 4. The van der Waals surface area contributed by atoms with Gasteiger partial charge in [-0.2, -0.15) is 0 Å². The molecule has 9 nitrogen and oxygen atoms in total. The van der Waals surface area contributed by atoms with Gasteiger partial charge in [0.2, 0.25) is 5.36 Å². The average Bonchev–Trinajstić information content (AvgIpc) is 3.10. The Balaban J connectivity index is 1.60. The van der Waals surface area contributed by atoms with Crippen LogP contribution in [-0.2, 0) is 12.8 Å². The molecule has 242 valence electrons. The van der Waals surface area contributed by atoms with Crippen LogP contribution in [0.5, 0.6) is 23.0 Å². The maximum atomic E-state index is 15.1. The molecule has 0 saturated heterocycles. The highest BCUT2D eigenvalue weighted by atomic mass is 16.3. The largest absolute Gasteiger partial charge is 0.872 e. The molecule has 9 heteroatoms. The number of phenolic OH excluding ortho intramolecular Hbond substituents is 4. The molecule has 0 saturated carbocycles. The Bertz CT molecular complexity index is 2760. The SMILES string of the molecule is [C-]#[N+]/C(C#N)=C1/C(c2c3c(O)cccc3c(N(C)C)c3cccc(O)c23)=C([O-])C1=c1c2c(O)ccc3c2c2c4c(ccc(O)c14)CC[N+]=2CC3. The zero-order chi connectivity index (χ0) is 34.7. The number of hydrogen-bond acceptors (Lipinski definition) is 7. The quantitative estimate of drug-likeness (QED) is 0.0937. The Morgan fingerprint density at radius 2 is 1.28 bits per heavy atom. The monoisotopic (exact) mass is 656 g/mol. The van der Waals surface area contributed by atoms with Crippen molar-refractivity contribution in [2.24, 2.45) is 0 Å². The van der Waals surface area contributed by atoms with E-state index in [4.69, 9.17) is 6.57 Å². The predicted octanol–water partition coefficient (Wildman–Crippen LogP) is 4.42. The van der Waals surface area contributed by atoms with Gasteiger partial charge in [-0.25, -0.2) is 14.7 Å². The highest BCUT2D eigenvalue weighted by Gasteiger charge is 2.36. The number of benzene rings is 6. The van der Waals surface area contributed by atoms with Crippen LogP contribution in [0.15, 0.2) is 77.7 Å². The van der Waals surface area contributed by atoms with Crippen LogP contribution in [-0.4, -0.2) is 47.6 Å². The van der Waals surface area contributed by atoms with Crippen molar-refractivity contribution < 1.29 is 25.5 Å². The van der Waals surface area contributed by atoms with Gasteiger partial charge in [0.1, 0.15) is 36.1 Å². The van der Waals surface area contributed by atoms with Gasteiger partial charge in [0.05, 0.1) is 29.1 Å². The zero-order valence-electron chi connectivity index (χ0n) is 27.1. The Hall–Kier alpha value is -6.71. The van der Waals surface area contributed by atoms with Crippen molar-refractivity contribution in [1.82, 2.24) is 4.58 Å². The normalized spacial score (nSPS) is 15.9. The molecule has 2 heterocycles. The first kappa shape index (κ1) is 29.4. The molecule has 6 aromatic rings. The summed E-state index contributed by atoms with van der Waals surface area (Å²) >= 11 is 0. The van der Waals surface area contributed by atoms with Crippen LogP contribution < -0.4 is 25.2 Å². The van der Waals surface area contributed by atoms with E-state index < -0.39 is 5.76 Å². The molecular weight excluding hydrogens is 628 g/mol. The van der Waals surface area contributed by atoms with Gasteiger partial charge in [-0.15, -0.1) is 0 Å². The van der Waals surface area contributed by atoms with Gasteiger partial charge >= 0.3 is 0 Å². The van der Waals surface area contributed by atoms with Gasteiger partial charge in [-0.05, 0) is 46.5 Å². The molecular formula is C41H28N4O5. The summed E-state index contributed by atoms with van der Waals surface area (Å²) in [5.74, 6) is -1.02. The summed E-state index contributed by atoms with van der Waals surface area (Å²) in [7, 11) is 3.69. The third-order valence-electron chi connectivity index (χ3n) is 10.6. The lowest BCUT2D eigenvalue weighted by Crippen LogP contribution is -2.42. The maximum Gasteiger partial charge on any atom is 0.270 e. The number of nitrogens with zero attached hydrogens (tertiary/aromatic N) is 4. The fraction of sp³-hybridized carbons (Fsp3) is 0.146. The van der Waals surface area contributed by atoms with Crippen LogP contribution in [0.1, 0.15) is 16.7 Å². The van der Waals surface area contributed by atoms with E-state index in [-0.39, 0.29) is 67.0 Å². The van der Waals surface area contributed by atoms with Crippen molar-refractivity contribution in [3.8, 4) is 29.1 Å². The van der Waals surface area contributed by atoms with Crippen molar-refractivity contribution in [2.45, 2.75) is 12.8 Å². The Labute approximate surface area is 285 Å². The number of nitriles is 1. The molecule has 0 unspecified atom stereocenters. The number of fused-ring (bicyclic) bond motifs is 2. The second kappa shape index (κ2) is 10.1. The van der Waals surface area contributed by atoms with Crippen molar-refractivity contribution >= 4 is 59.9 Å². The lowest BCUT2D eigenvalue weighted by molar-refractivity contribution is -0.292. The maximum absolute atomic E-state index is 15.1. The predicted molar refractivity (Wildman–Crippen MR) is 191 cm³/mol. The fourth-order valence-electron chi connectivity index (χ4n) is 8.66. The molecule has 2 aliphatic heterocycles. The van der Waals surface area contributed by atoms with Crippen molar-refractivity contribution in [3.63, 3.8) is 0 Å². The minimum Gasteiger partial charge on any atom is -0.872 e. The highest BCUT2D eigenvalue weighted by molar-refractivity contribution is 6.28. The van der Waals surface area contributed by atoms with E-state index in [1.165, 1.54) is 12.1 Å². The van der Waals surface area contributed by atoms with Gasteiger partial charge in [-0.1, -0.05) is 42.2 Å². The Kier molecular flexibility index (Phi) is 5.97. The molecule has 0 atom stereocenters. The first-order valence-electron chi connectivity index (χ1n) is 16.3. The first-order valence-corrected chi connectivity index (χ1v) is 16.3. The summed E-state index contributed by atoms with van der Waals surface area (Å²) in [4.78, 5) is 5.45. The molecule has 0 fully saturated rings. The molecule has 0 aromatic heterocycles. The van der Waals surface area contributed by atoms with E-state index in [1.54, 1.807) is 24.3 Å². The van der Waals surface area contributed by atoms with E-state index in [0.717, 1.165) is 40.3 Å². The van der Waals surface area contributed by atoms with Crippen LogP contribution in [0, 0.1) is 17.9 Å². The molecule has 50 heavy (non-hydrogen) atoms. The summed E-state index contributed by atoms with van der Waals surface area (Å²) in [6.07, 6.45) is 1.43. The van der Waals surface area contributed by atoms with E-state index >= 15 is 5.11 Å². The number of allylic oxidation sites excluding steroid dienone is 3. The van der Waals surface area contributed by atoms with Gasteiger partial charge in [0.15, 0.2) is 0 Å². The summed E-state index contributed by atoms with van der Waals surface area (Å²) in [5, 5.41) is 76.9. The molecule has 0 amide bonds. The molecule has 3 aliphatic rings. The topological polar surface area (TPSA) is 138 Å². The molecule has 0 radical (unpaired) electrons. The van der Waals surface area contributed by atoms with Gasteiger partial charge in [-0.3, -0.25) is 0 Å². The van der Waals surface area contributed by atoms with E-state index in [1.807, 2.05) is 49.3 Å². The summed E-state index contributed by atoms with van der Waals surface area (Å²) in [6.45, 7) is 9.61. The third-order valence-corrected chi connectivity index (χ3v) is 10.6. The fourth-order valence-corrected chi connectivity index (χ4v) is 8.66. The van der Waals surface area contributed by atoms with Gasteiger partial charge in [0, 0.05) is 75.6 Å². The Morgan fingerprint density at radius 1 is 0.760 bits per heavy atom. The standard InChI is InChI=1S/C41H28N4O5/c1-43-23(18-42)32-37(35-30-21(6-4-8-24(30)46)39(44(2)3)22-7-5-9-25(47)31(22)35)41(50)38(32)36-33-26(48)12-10-19-14-16-45-17-15-20-11-13-27(49)34(36)29(20)40(45)28(19)33/h4-13H,14-17H2,2-3H3,(H4-,46,47,48,49,50)/b32-23-. The van der Waals surface area contributed by atoms with Crippen LogP contribution >= 0.6 is 0 Å². The van der Waals surface area contributed by atoms with Crippen molar-refractivity contribution in [2.75, 3.05) is 32.1 Å². The average molecular weight is 657 g/mol. The number of hydrogen-bond donors (Lipinski definition) is 4. The molecule has 0 bridgehead atoms. The smallest absolute Gasteiger partial charge is 0.270 e. The van der Waals surface area contributed by atoms with Crippen LogP contribution in [0.3, 0.4) is 0 Å². The summed E-state index contributed by atoms with van der Waals surface area (Å²) in [5.41, 5.74) is 2.56. The van der Waals surface area contributed by atoms with Crippen molar-refractivity contribution in [1.29, 1.82) is 5.26 Å². The Morgan fingerprint density at radius 3 is 1.76 bits per heavy atom. The van der Waals surface area contributed by atoms with Crippen molar-refractivity contribution in [3.05, 3.63) is 116 Å². The third kappa shape index (κ3) is 3.56. The molecule has 4 N–H and O–H groups in total. The van der Waals surface area contributed by atoms with E-state index in [2.05, 4.69) is 9.42 Å². The second-order valence-corrected chi connectivity index (χ2v) is 13.2. The van der Waals surface area contributed by atoms with E-state index in [9.17, 15) is 25.7 Å². The first-order chi connectivity index (χ1) is 24.2. The number of rotatable bonds is 2. The minimum atomic E-state index is -0.543. The van der Waals surface area contributed by atoms with Crippen LogP contribution in [0.2, 0.25) is 0 Å². The lowest BCUT2D eigenvalue weighted by Gasteiger charge is -2.38. The van der Waals surface area contributed by atoms with Crippen LogP contribution in [0.4, 0.5) is 5.69 Å². The number of phenols is 4. The second-order valence-electron chi connectivity index (χ2n) is 13.2. The van der Waals surface area contributed by atoms with Gasteiger partial charge in [0.25, 0.3) is 5.70 Å². The van der Waals surface area contributed by atoms with Gasteiger partial charge < -0.3 is 30.4 Å². The number of anilines is 1. The molecule has 9 rings (SSSR count). The molecule has 6 aromatic carbocycles. The molecule has 1 aliphatic carbocycles. The lowest BCUT2D eigenvalue weighted by atomic mass is 9.73. The molecule has 0 spiro atoms. The minimum absolute atomic E-state index is 0.00617.